The van der Waals surface area contributed by atoms with Crippen molar-refractivity contribution in [3.8, 4) is 0 Å². The fourth-order valence-corrected chi connectivity index (χ4v) is 2.35. The van der Waals surface area contributed by atoms with E-state index in [2.05, 4.69) is 20.3 Å². The van der Waals surface area contributed by atoms with Gasteiger partial charge in [0, 0.05) is 18.9 Å². The summed E-state index contributed by atoms with van der Waals surface area (Å²) in [5.41, 5.74) is 0. The van der Waals surface area contributed by atoms with Crippen LogP contribution in [-0.2, 0) is 0 Å². The Morgan fingerprint density at radius 2 is 1.62 bits per heavy atom. The third-order valence-electron chi connectivity index (χ3n) is 2.37. The fraction of sp³-hybridized carbons (Fsp3) is 0.250. The summed E-state index contributed by atoms with van der Waals surface area (Å²) in [5.74, 6) is -5.55. The zero-order valence-corrected chi connectivity index (χ0v) is 11.4. The molecule has 0 bridgehead atoms. The molecule has 21 heavy (non-hydrogen) atoms. The van der Waals surface area contributed by atoms with Crippen molar-refractivity contribution in [2.45, 2.75) is 11.3 Å². The summed E-state index contributed by atoms with van der Waals surface area (Å²) in [6.45, 7) is 0.455. The molecule has 0 saturated carbocycles. The summed E-state index contributed by atoms with van der Waals surface area (Å²) in [5, 5.41) is 2.90. The number of aromatic nitrogens is 3. The number of pyridine rings is 1. The number of hydrogen-bond acceptors (Lipinski definition) is 5. The number of nitrogens with one attached hydrogen (secondary N) is 1. The van der Waals surface area contributed by atoms with Gasteiger partial charge in [-0.2, -0.15) is 13.8 Å². The molecule has 112 valence electrons. The SMILES string of the molecule is Fc1nc(F)c(F)c(SCCCNc2ncccn2)c1F. The standard InChI is InChI=1S/C12H10F4N4S/c13-7-9(8(14)11(16)20-10(7)15)21-6-2-5-19-12-17-3-1-4-18-12/h1,3-4H,2,5-6H2,(H,17,18,19). The molecule has 0 atom stereocenters. The van der Waals surface area contributed by atoms with Gasteiger partial charge in [0.15, 0.2) is 11.6 Å². The van der Waals surface area contributed by atoms with Crippen LogP contribution in [0.4, 0.5) is 23.5 Å². The van der Waals surface area contributed by atoms with E-state index in [1.165, 1.54) is 0 Å². The van der Waals surface area contributed by atoms with Gasteiger partial charge in [-0.15, -0.1) is 11.8 Å². The van der Waals surface area contributed by atoms with Gasteiger partial charge in [-0.05, 0) is 18.2 Å². The Bertz CT molecular complexity index is 586. The maximum Gasteiger partial charge on any atom is 0.252 e. The minimum atomic E-state index is -1.65. The van der Waals surface area contributed by atoms with Gasteiger partial charge in [0.25, 0.3) is 11.9 Å². The molecule has 0 unspecified atom stereocenters. The molecule has 2 rings (SSSR count). The first-order valence-electron chi connectivity index (χ1n) is 5.93. The zero-order chi connectivity index (χ0) is 15.2. The Kier molecular flexibility index (Phi) is 5.32. The van der Waals surface area contributed by atoms with Crippen molar-refractivity contribution in [2.75, 3.05) is 17.6 Å². The summed E-state index contributed by atoms with van der Waals surface area (Å²) in [7, 11) is 0. The fourth-order valence-electron chi connectivity index (χ4n) is 1.43. The van der Waals surface area contributed by atoms with Crippen molar-refractivity contribution in [3.05, 3.63) is 42.0 Å². The van der Waals surface area contributed by atoms with Crippen LogP contribution in [0.2, 0.25) is 0 Å². The van der Waals surface area contributed by atoms with Crippen molar-refractivity contribution in [1.82, 2.24) is 15.0 Å². The molecule has 0 saturated heterocycles. The molecule has 0 radical (unpaired) electrons. The van der Waals surface area contributed by atoms with Crippen LogP contribution in [0.3, 0.4) is 0 Å². The van der Waals surface area contributed by atoms with Gasteiger partial charge in [0.05, 0.1) is 4.90 Å². The molecule has 2 heterocycles. The third-order valence-corrected chi connectivity index (χ3v) is 3.51. The molecular weight excluding hydrogens is 308 g/mol. The van der Waals surface area contributed by atoms with E-state index in [-0.39, 0.29) is 5.75 Å². The summed E-state index contributed by atoms with van der Waals surface area (Å²) in [6.07, 6.45) is 3.63. The van der Waals surface area contributed by atoms with Crippen molar-refractivity contribution < 1.29 is 17.6 Å². The highest BCUT2D eigenvalue weighted by Gasteiger charge is 2.20. The Hall–Kier alpha value is -1.90. The van der Waals surface area contributed by atoms with E-state index in [1.807, 2.05) is 0 Å². The van der Waals surface area contributed by atoms with Crippen LogP contribution in [0, 0.1) is 23.5 Å². The lowest BCUT2D eigenvalue weighted by atomic mass is 10.4. The average molecular weight is 318 g/mol. The van der Waals surface area contributed by atoms with Crippen molar-refractivity contribution in [1.29, 1.82) is 0 Å². The molecule has 0 spiro atoms. The predicted octanol–water partition coefficient (Wildman–Crippen LogP) is 3.02. The summed E-state index contributed by atoms with van der Waals surface area (Å²) in [6, 6.07) is 1.67. The number of thioether (sulfide) groups is 1. The largest absolute Gasteiger partial charge is 0.354 e. The molecule has 0 fully saturated rings. The highest BCUT2D eigenvalue weighted by atomic mass is 32.2. The quantitative estimate of drug-likeness (QED) is 0.384. The van der Waals surface area contributed by atoms with Crippen molar-refractivity contribution in [2.24, 2.45) is 0 Å². The second kappa shape index (κ2) is 7.21. The van der Waals surface area contributed by atoms with Crippen LogP contribution >= 0.6 is 11.8 Å². The second-order valence-electron chi connectivity index (χ2n) is 3.85. The molecule has 0 aliphatic heterocycles. The van der Waals surface area contributed by atoms with Crippen LogP contribution in [-0.4, -0.2) is 27.2 Å². The zero-order valence-electron chi connectivity index (χ0n) is 10.6. The molecule has 2 aromatic rings. The Morgan fingerprint density at radius 1 is 1.00 bits per heavy atom. The van der Waals surface area contributed by atoms with Crippen LogP contribution in [0.25, 0.3) is 0 Å². The minimum absolute atomic E-state index is 0.260. The highest BCUT2D eigenvalue weighted by Crippen LogP contribution is 2.27. The first kappa shape index (κ1) is 15.5. The van der Waals surface area contributed by atoms with E-state index in [9.17, 15) is 17.6 Å². The third kappa shape index (κ3) is 4.03. The Labute approximate surface area is 122 Å². The average Bonchev–Trinajstić information content (AvgIpc) is 2.49. The summed E-state index contributed by atoms with van der Waals surface area (Å²) >= 11 is 0.686. The van der Waals surface area contributed by atoms with Crippen LogP contribution in [0.5, 0.6) is 0 Å². The molecule has 4 nitrogen and oxygen atoms in total. The Balaban J connectivity index is 1.84. The van der Waals surface area contributed by atoms with E-state index in [0.29, 0.717) is 30.7 Å². The molecule has 1 N–H and O–H groups in total. The number of rotatable bonds is 6. The summed E-state index contributed by atoms with van der Waals surface area (Å²) in [4.78, 5) is 9.65. The predicted molar refractivity (Wildman–Crippen MR) is 69.9 cm³/mol. The monoisotopic (exact) mass is 318 g/mol. The maximum absolute atomic E-state index is 13.3. The van der Waals surface area contributed by atoms with Crippen LogP contribution < -0.4 is 5.32 Å². The van der Waals surface area contributed by atoms with Gasteiger partial charge >= 0.3 is 0 Å². The minimum Gasteiger partial charge on any atom is -0.354 e. The number of hydrogen-bond donors (Lipinski definition) is 1. The number of halogens is 4. The lowest BCUT2D eigenvalue weighted by Crippen LogP contribution is -2.06. The van der Waals surface area contributed by atoms with E-state index in [1.54, 1.807) is 18.5 Å². The van der Waals surface area contributed by atoms with Gasteiger partial charge < -0.3 is 5.32 Å². The maximum atomic E-state index is 13.3. The van der Waals surface area contributed by atoms with Gasteiger partial charge in [-0.3, -0.25) is 0 Å². The molecule has 0 aliphatic rings. The lowest BCUT2D eigenvalue weighted by Gasteiger charge is -2.06. The molecule has 9 heteroatoms. The highest BCUT2D eigenvalue weighted by molar-refractivity contribution is 7.99. The van der Waals surface area contributed by atoms with Crippen LogP contribution in [0.15, 0.2) is 23.4 Å². The number of anilines is 1. The summed E-state index contributed by atoms with van der Waals surface area (Å²) < 4.78 is 52.4. The molecule has 0 amide bonds. The van der Waals surface area contributed by atoms with Gasteiger partial charge in [0.1, 0.15) is 0 Å². The van der Waals surface area contributed by atoms with E-state index in [4.69, 9.17) is 0 Å². The van der Waals surface area contributed by atoms with Crippen molar-refractivity contribution >= 4 is 17.7 Å². The first-order chi connectivity index (χ1) is 10.1. The lowest BCUT2D eigenvalue weighted by molar-refractivity contribution is 0.383. The van der Waals surface area contributed by atoms with Gasteiger partial charge in [0.2, 0.25) is 5.95 Å². The normalized spacial score (nSPS) is 10.7. The van der Waals surface area contributed by atoms with E-state index in [0.717, 1.165) is 0 Å². The smallest absolute Gasteiger partial charge is 0.252 e. The second-order valence-corrected chi connectivity index (χ2v) is 4.96. The van der Waals surface area contributed by atoms with E-state index < -0.39 is 28.4 Å². The van der Waals surface area contributed by atoms with Gasteiger partial charge in [-0.25, -0.2) is 18.7 Å². The van der Waals surface area contributed by atoms with Crippen LogP contribution in [0.1, 0.15) is 6.42 Å². The molecule has 0 aliphatic carbocycles. The molecular formula is C12H10F4N4S. The van der Waals surface area contributed by atoms with Crippen molar-refractivity contribution in [3.63, 3.8) is 0 Å². The number of nitrogens with zero attached hydrogens (tertiary/aromatic N) is 3. The van der Waals surface area contributed by atoms with E-state index >= 15 is 0 Å². The topological polar surface area (TPSA) is 50.7 Å². The molecule has 0 aromatic carbocycles. The first-order valence-corrected chi connectivity index (χ1v) is 6.92. The van der Waals surface area contributed by atoms with Gasteiger partial charge in [-0.1, -0.05) is 0 Å². The Morgan fingerprint density at radius 3 is 2.24 bits per heavy atom. The molecule has 2 aromatic heterocycles.